The molecule has 1 rings (SSSR count). The predicted octanol–water partition coefficient (Wildman–Crippen LogP) is 2.01. The van der Waals surface area contributed by atoms with Gasteiger partial charge in [0.2, 0.25) is 0 Å². The highest BCUT2D eigenvalue weighted by Crippen LogP contribution is 2.33. The van der Waals surface area contributed by atoms with Crippen LogP contribution < -0.4 is 5.56 Å². The Morgan fingerprint density at radius 3 is 2.33 bits per heavy atom. The van der Waals surface area contributed by atoms with Gasteiger partial charge in [-0.05, 0) is 26.3 Å². The van der Waals surface area contributed by atoms with E-state index in [1.165, 1.54) is 6.92 Å². The fraction of sp³-hybridized carbons (Fsp3) is 0.647. The second-order valence-electron chi connectivity index (χ2n) is 6.69. The van der Waals surface area contributed by atoms with Crippen molar-refractivity contribution in [3.8, 4) is 0 Å². The van der Waals surface area contributed by atoms with Crippen LogP contribution in [0.4, 0.5) is 17.6 Å². The lowest BCUT2D eigenvalue weighted by atomic mass is 9.99. The van der Waals surface area contributed by atoms with Crippen LogP contribution in [0.2, 0.25) is 0 Å². The highest BCUT2D eigenvalue weighted by molar-refractivity contribution is 5.74. The molecule has 1 heterocycles. The first-order valence-corrected chi connectivity index (χ1v) is 8.27. The van der Waals surface area contributed by atoms with Gasteiger partial charge >= 0.3 is 12.1 Å². The van der Waals surface area contributed by atoms with Crippen molar-refractivity contribution in [1.82, 2.24) is 4.57 Å². The summed E-state index contributed by atoms with van der Waals surface area (Å²) < 4.78 is 59.3. The summed E-state index contributed by atoms with van der Waals surface area (Å²) in [6, 6.07) is -1.19. The molecule has 0 saturated carbocycles. The van der Waals surface area contributed by atoms with Gasteiger partial charge in [-0.25, -0.2) is 9.18 Å². The second kappa shape index (κ2) is 8.83. The number of esters is 1. The molecule has 0 saturated heterocycles. The Kier molecular flexibility index (Phi) is 7.56. The summed E-state index contributed by atoms with van der Waals surface area (Å²) in [6.45, 7) is 2.95. The standard InChI is InChI=1S/C17H23F4NO5/c1-4-27-15(26)13(7-16(2,3)18)22-8-10(5-11(24)9-23)12(6-14(22)25)17(19,20)21/h6,8,11,13,23-24H,4-5,7,9H2,1-3H3. The molecule has 0 radical (unpaired) electrons. The van der Waals surface area contributed by atoms with Gasteiger partial charge in [-0.1, -0.05) is 0 Å². The third-order valence-electron chi connectivity index (χ3n) is 3.71. The van der Waals surface area contributed by atoms with E-state index in [0.29, 0.717) is 4.57 Å². The fourth-order valence-corrected chi connectivity index (χ4v) is 2.57. The van der Waals surface area contributed by atoms with E-state index in [4.69, 9.17) is 9.84 Å². The zero-order valence-corrected chi connectivity index (χ0v) is 15.2. The van der Waals surface area contributed by atoms with Gasteiger partial charge in [0.15, 0.2) is 0 Å². The zero-order valence-electron chi connectivity index (χ0n) is 15.2. The van der Waals surface area contributed by atoms with Crippen LogP contribution in [-0.2, 0) is 22.1 Å². The largest absolute Gasteiger partial charge is 0.464 e. The predicted molar refractivity (Wildman–Crippen MR) is 88.0 cm³/mol. The van der Waals surface area contributed by atoms with E-state index in [1.54, 1.807) is 0 Å². The van der Waals surface area contributed by atoms with Gasteiger partial charge in [0, 0.05) is 25.1 Å². The third-order valence-corrected chi connectivity index (χ3v) is 3.71. The highest BCUT2D eigenvalue weighted by atomic mass is 19.4. The van der Waals surface area contributed by atoms with E-state index in [1.807, 2.05) is 0 Å². The summed E-state index contributed by atoms with van der Waals surface area (Å²) in [4.78, 5) is 24.4. The Morgan fingerprint density at radius 2 is 1.89 bits per heavy atom. The Morgan fingerprint density at radius 1 is 1.30 bits per heavy atom. The van der Waals surface area contributed by atoms with Gasteiger partial charge in [0.1, 0.15) is 11.7 Å². The molecular weight excluding hydrogens is 374 g/mol. The SMILES string of the molecule is CCOC(=O)C(CC(C)(C)F)n1cc(CC(O)CO)c(C(F)(F)F)cc1=O. The summed E-state index contributed by atoms with van der Waals surface area (Å²) in [6.07, 6.45) is -6.74. The van der Waals surface area contributed by atoms with Crippen LogP contribution in [0, 0.1) is 0 Å². The molecule has 1 aromatic heterocycles. The average molecular weight is 397 g/mol. The Labute approximate surface area is 153 Å². The highest BCUT2D eigenvalue weighted by Gasteiger charge is 2.37. The quantitative estimate of drug-likeness (QED) is 0.518. The first-order valence-electron chi connectivity index (χ1n) is 8.27. The summed E-state index contributed by atoms with van der Waals surface area (Å²) >= 11 is 0. The molecule has 1 aromatic rings. The summed E-state index contributed by atoms with van der Waals surface area (Å²) in [5, 5.41) is 18.4. The molecule has 0 aliphatic carbocycles. The maximum absolute atomic E-state index is 14.1. The summed E-state index contributed by atoms with van der Waals surface area (Å²) in [7, 11) is 0. The minimum atomic E-state index is -4.89. The molecule has 0 aliphatic heterocycles. The smallest absolute Gasteiger partial charge is 0.416 e. The molecule has 0 aliphatic rings. The van der Waals surface area contributed by atoms with Crippen molar-refractivity contribution in [2.75, 3.05) is 13.2 Å². The number of ether oxygens (including phenoxy) is 1. The lowest BCUT2D eigenvalue weighted by Gasteiger charge is -2.25. The Bertz CT molecular complexity index is 709. The minimum Gasteiger partial charge on any atom is -0.464 e. The maximum atomic E-state index is 14.1. The van der Waals surface area contributed by atoms with Gasteiger partial charge in [-0.3, -0.25) is 4.79 Å². The van der Waals surface area contributed by atoms with E-state index in [-0.39, 0.29) is 12.7 Å². The van der Waals surface area contributed by atoms with Crippen LogP contribution >= 0.6 is 0 Å². The van der Waals surface area contributed by atoms with E-state index < -0.39 is 66.1 Å². The summed E-state index contributed by atoms with van der Waals surface area (Å²) in [5.41, 5.74) is -4.87. The number of nitrogens with zero attached hydrogens (tertiary/aromatic N) is 1. The number of hydrogen-bond acceptors (Lipinski definition) is 5. The average Bonchev–Trinajstić information content (AvgIpc) is 2.52. The van der Waals surface area contributed by atoms with Crippen molar-refractivity contribution >= 4 is 5.97 Å². The molecule has 27 heavy (non-hydrogen) atoms. The number of pyridine rings is 1. The Hall–Kier alpha value is -1.94. The van der Waals surface area contributed by atoms with Gasteiger partial charge < -0.3 is 19.5 Å². The molecule has 0 spiro atoms. The number of aliphatic hydroxyl groups excluding tert-OH is 2. The first-order chi connectivity index (χ1) is 12.3. The van der Waals surface area contributed by atoms with Crippen LogP contribution in [0.25, 0.3) is 0 Å². The maximum Gasteiger partial charge on any atom is 0.416 e. The van der Waals surface area contributed by atoms with Crippen molar-refractivity contribution in [1.29, 1.82) is 0 Å². The lowest BCUT2D eigenvalue weighted by molar-refractivity contribution is -0.148. The molecule has 6 nitrogen and oxygen atoms in total. The van der Waals surface area contributed by atoms with Crippen LogP contribution in [0.5, 0.6) is 0 Å². The van der Waals surface area contributed by atoms with Crippen molar-refractivity contribution in [2.45, 2.75) is 57.6 Å². The van der Waals surface area contributed by atoms with Crippen molar-refractivity contribution in [3.63, 3.8) is 0 Å². The van der Waals surface area contributed by atoms with E-state index in [9.17, 15) is 32.3 Å². The molecule has 2 unspecified atom stereocenters. The van der Waals surface area contributed by atoms with Gasteiger partial charge in [0.25, 0.3) is 5.56 Å². The molecular formula is C17H23F4NO5. The normalized spacial score (nSPS) is 14.7. The van der Waals surface area contributed by atoms with Crippen molar-refractivity contribution < 1.29 is 37.3 Å². The number of halogens is 4. The van der Waals surface area contributed by atoms with Crippen LogP contribution in [0.15, 0.2) is 17.1 Å². The third kappa shape index (κ3) is 6.62. The topological polar surface area (TPSA) is 88.8 Å². The molecule has 0 bridgehead atoms. The van der Waals surface area contributed by atoms with E-state index in [2.05, 4.69) is 0 Å². The monoisotopic (exact) mass is 397 g/mol. The molecule has 154 valence electrons. The molecule has 0 aromatic carbocycles. The number of hydrogen-bond donors (Lipinski definition) is 2. The van der Waals surface area contributed by atoms with Crippen LogP contribution in [-0.4, -0.2) is 45.7 Å². The number of carbonyl (C=O) groups is 1. The first kappa shape index (κ1) is 23.1. The van der Waals surface area contributed by atoms with E-state index in [0.717, 1.165) is 20.0 Å². The van der Waals surface area contributed by atoms with Crippen LogP contribution in [0.3, 0.4) is 0 Å². The molecule has 10 heteroatoms. The fourth-order valence-electron chi connectivity index (χ4n) is 2.57. The van der Waals surface area contributed by atoms with Crippen LogP contribution in [0.1, 0.15) is 44.4 Å². The van der Waals surface area contributed by atoms with E-state index >= 15 is 0 Å². The number of alkyl halides is 4. The molecule has 0 fully saturated rings. The summed E-state index contributed by atoms with van der Waals surface area (Å²) in [5.74, 6) is -0.959. The Balaban J connectivity index is 3.56. The number of aromatic nitrogens is 1. The van der Waals surface area contributed by atoms with Gasteiger partial charge in [-0.15, -0.1) is 0 Å². The molecule has 2 N–H and O–H groups in total. The van der Waals surface area contributed by atoms with Crippen molar-refractivity contribution in [3.05, 3.63) is 33.7 Å². The lowest BCUT2D eigenvalue weighted by Crippen LogP contribution is -2.36. The minimum absolute atomic E-state index is 0.0620. The number of rotatable bonds is 8. The molecule has 0 amide bonds. The number of aliphatic hydroxyl groups is 2. The van der Waals surface area contributed by atoms with Gasteiger partial charge in [0.05, 0.1) is 24.9 Å². The molecule has 2 atom stereocenters. The second-order valence-corrected chi connectivity index (χ2v) is 6.69. The zero-order chi connectivity index (χ0) is 21.0. The number of carbonyl (C=O) groups excluding carboxylic acids is 1. The van der Waals surface area contributed by atoms with Gasteiger partial charge in [-0.2, -0.15) is 13.2 Å². The van der Waals surface area contributed by atoms with Crippen molar-refractivity contribution in [2.24, 2.45) is 0 Å².